The summed E-state index contributed by atoms with van der Waals surface area (Å²) in [6.07, 6.45) is 9.08. The van der Waals surface area contributed by atoms with Gasteiger partial charge in [0, 0.05) is 11.0 Å². The van der Waals surface area contributed by atoms with Gasteiger partial charge >= 0.3 is 0 Å². The summed E-state index contributed by atoms with van der Waals surface area (Å²) in [6.45, 7) is 3.48. The first kappa shape index (κ1) is 15.5. The van der Waals surface area contributed by atoms with Gasteiger partial charge in [0.05, 0.1) is 6.10 Å². The molecule has 3 rings (SSSR count). The average molecular weight is 352 g/mol. The second-order valence-electron chi connectivity index (χ2n) is 6.90. The topological polar surface area (TPSA) is 23.5 Å². The zero-order valence-electron chi connectivity index (χ0n) is 12.7. The highest BCUT2D eigenvalue weighted by molar-refractivity contribution is 9.10. The van der Waals surface area contributed by atoms with Crippen LogP contribution in [0.15, 0.2) is 28.7 Å². The van der Waals surface area contributed by atoms with Crippen LogP contribution in [-0.4, -0.2) is 29.6 Å². The van der Waals surface area contributed by atoms with Crippen molar-refractivity contribution in [1.29, 1.82) is 0 Å². The number of hydrogen-bond acceptors (Lipinski definition) is 2. The maximum Gasteiger partial charge on any atom is 0.0802 e. The molecule has 0 bridgehead atoms. The quantitative estimate of drug-likeness (QED) is 0.861. The standard InChI is InChI=1S/C18H26BrNO/c19-16-5-3-15(4-6-16)17(21)7-12-20-13-10-18(11-14-20)8-1-2-9-18/h3-6,17,21H,1-2,7-14H2. The molecule has 1 aromatic rings. The lowest BCUT2D eigenvalue weighted by molar-refractivity contribution is 0.0870. The Morgan fingerprint density at radius 2 is 1.67 bits per heavy atom. The molecular weight excluding hydrogens is 326 g/mol. The summed E-state index contributed by atoms with van der Waals surface area (Å²) in [5.41, 5.74) is 1.73. The highest BCUT2D eigenvalue weighted by atomic mass is 79.9. The zero-order valence-corrected chi connectivity index (χ0v) is 14.3. The number of likely N-dealkylation sites (tertiary alicyclic amines) is 1. The Balaban J connectivity index is 1.44. The second kappa shape index (κ2) is 6.80. The van der Waals surface area contributed by atoms with E-state index in [0.717, 1.165) is 23.0 Å². The van der Waals surface area contributed by atoms with Crippen molar-refractivity contribution in [3.63, 3.8) is 0 Å². The van der Waals surface area contributed by atoms with Crippen LogP contribution in [0.1, 0.15) is 56.6 Å². The molecule has 116 valence electrons. The maximum absolute atomic E-state index is 10.3. The molecule has 1 saturated heterocycles. The molecule has 3 heteroatoms. The van der Waals surface area contributed by atoms with Crippen molar-refractivity contribution in [3.8, 4) is 0 Å². The lowest BCUT2D eigenvalue weighted by Gasteiger charge is -2.39. The number of piperidine rings is 1. The summed E-state index contributed by atoms with van der Waals surface area (Å²) in [5, 5.41) is 10.3. The fourth-order valence-electron chi connectivity index (χ4n) is 4.03. The Labute approximate surface area is 136 Å². The van der Waals surface area contributed by atoms with E-state index >= 15 is 0 Å². The molecule has 1 heterocycles. The highest BCUT2D eigenvalue weighted by Gasteiger charge is 2.36. The molecule has 2 aliphatic rings. The van der Waals surface area contributed by atoms with Gasteiger partial charge in [-0.15, -0.1) is 0 Å². The Bertz CT molecular complexity index is 443. The molecule has 1 aromatic carbocycles. The van der Waals surface area contributed by atoms with Gasteiger partial charge in [-0.1, -0.05) is 40.9 Å². The van der Waals surface area contributed by atoms with Crippen LogP contribution in [0, 0.1) is 5.41 Å². The van der Waals surface area contributed by atoms with E-state index in [-0.39, 0.29) is 6.10 Å². The lowest BCUT2D eigenvalue weighted by Crippen LogP contribution is -2.39. The van der Waals surface area contributed by atoms with E-state index in [4.69, 9.17) is 0 Å². The molecule has 1 aliphatic carbocycles. The molecule has 0 radical (unpaired) electrons. The van der Waals surface area contributed by atoms with Crippen molar-refractivity contribution >= 4 is 15.9 Å². The smallest absolute Gasteiger partial charge is 0.0802 e. The maximum atomic E-state index is 10.3. The number of rotatable bonds is 4. The van der Waals surface area contributed by atoms with Gasteiger partial charge in [-0.2, -0.15) is 0 Å². The third kappa shape index (κ3) is 3.88. The first-order valence-electron chi connectivity index (χ1n) is 8.33. The van der Waals surface area contributed by atoms with Crippen LogP contribution < -0.4 is 0 Å². The van der Waals surface area contributed by atoms with Crippen LogP contribution in [0.3, 0.4) is 0 Å². The average Bonchev–Trinajstić information content (AvgIpc) is 2.95. The summed E-state index contributed by atoms with van der Waals surface area (Å²) in [5.74, 6) is 0. The summed E-state index contributed by atoms with van der Waals surface area (Å²) >= 11 is 3.44. The van der Waals surface area contributed by atoms with E-state index in [1.165, 1.54) is 51.6 Å². The van der Waals surface area contributed by atoms with Gasteiger partial charge in [0.1, 0.15) is 0 Å². The number of benzene rings is 1. The van der Waals surface area contributed by atoms with E-state index in [1.54, 1.807) is 0 Å². The molecule has 1 aliphatic heterocycles. The number of hydrogen-bond donors (Lipinski definition) is 1. The number of aliphatic hydroxyl groups excluding tert-OH is 1. The minimum atomic E-state index is -0.333. The van der Waals surface area contributed by atoms with E-state index in [9.17, 15) is 5.11 Å². The molecule has 21 heavy (non-hydrogen) atoms. The fourth-order valence-corrected chi connectivity index (χ4v) is 4.30. The molecule has 1 unspecified atom stereocenters. The van der Waals surface area contributed by atoms with Crippen LogP contribution >= 0.6 is 15.9 Å². The fraction of sp³-hybridized carbons (Fsp3) is 0.667. The molecule has 0 aromatic heterocycles. The van der Waals surface area contributed by atoms with Crippen molar-refractivity contribution in [1.82, 2.24) is 4.90 Å². The summed E-state index contributed by atoms with van der Waals surface area (Å²) in [6, 6.07) is 8.03. The lowest BCUT2D eigenvalue weighted by atomic mass is 9.77. The van der Waals surface area contributed by atoms with Crippen molar-refractivity contribution in [2.24, 2.45) is 5.41 Å². The number of halogens is 1. The van der Waals surface area contributed by atoms with Crippen LogP contribution in [0.5, 0.6) is 0 Å². The predicted octanol–water partition coefficient (Wildman–Crippen LogP) is 4.53. The van der Waals surface area contributed by atoms with Crippen molar-refractivity contribution in [2.45, 2.75) is 51.0 Å². The molecule has 1 saturated carbocycles. The summed E-state index contributed by atoms with van der Waals surface area (Å²) in [4.78, 5) is 2.55. The minimum Gasteiger partial charge on any atom is -0.388 e. The predicted molar refractivity (Wildman–Crippen MR) is 90.3 cm³/mol. The van der Waals surface area contributed by atoms with Gasteiger partial charge in [-0.25, -0.2) is 0 Å². The summed E-state index contributed by atoms with van der Waals surface area (Å²) in [7, 11) is 0. The first-order chi connectivity index (χ1) is 10.2. The van der Waals surface area contributed by atoms with Gasteiger partial charge in [0.15, 0.2) is 0 Å². The first-order valence-corrected chi connectivity index (χ1v) is 9.12. The molecule has 2 nitrogen and oxygen atoms in total. The van der Waals surface area contributed by atoms with Crippen molar-refractivity contribution in [3.05, 3.63) is 34.3 Å². The van der Waals surface area contributed by atoms with E-state index < -0.39 is 0 Å². The van der Waals surface area contributed by atoms with Gasteiger partial charge in [-0.05, 0) is 68.3 Å². The molecular formula is C18H26BrNO. The largest absolute Gasteiger partial charge is 0.388 e. The molecule has 0 amide bonds. The van der Waals surface area contributed by atoms with Gasteiger partial charge in [0.2, 0.25) is 0 Å². The molecule has 1 N–H and O–H groups in total. The Morgan fingerprint density at radius 3 is 2.29 bits per heavy atom. The van der Waals surface area contributed by atoms with E-state index in [1.807, 2.05) is 24.3 Å². The number of aliphatic hydroxyl groups is 1. The summed E-state index contributed by atoms with van der Waals surface area (Å²) < 4.78 is 1.07. The van der Waals surface area contributed by atoms with Gasteiger partial charge in [0.25, 0.3) is 0 Å². The Kier molecular flexibility index (Phi) is 5.03. The normalized spacial score (nSPS) is 23.5. The third-order valence-corrected chi connectivity index (χ3v) is 6.08. The van der Waals surface area contributed by atoms with Crippen LogP contribution in [0.25, 0.3) is 0 Å². The van der Waals surface area contributed by atoms with Gasteiger partial charge in [-0.3, -0.25) is 0 Å². The third-order valence-electron chi connectivity index (χ3n) is 5.55. The Hall–Kier alpha value is -0.380. The minimum absolute atomic E-state index is 0.333. The van der Waals surface area contributed by atoms with Crippen LogP contribution in [0.4, 0.5) is 0 Å². The second-order valence-corrected chi connectivity index (χ2v) is 7.82. The monoisotopic (exact) mass is 351 g/mol. The van der Waals surface area contributed by atoms with Crippen molar-refractivity contribution in [2.75, 3.05) is 19.6 Å². The number of nitrogens with zero attached hydrogens (tertiary/aromatic N) is 1. The van der Waals surface area contributed by atoms with Crippen molar-refractivity contribution < 1.29 is 5.11 Å². The zero-order chi connectivity index (χ0) is 14.7. The highest BCUT2D eigenvalue weighted by Crippen LogP contribution is 2.46. The molecule has 2 fully saturated rings. The molecule has 1 spiro atoms. The molecule has 1 atom stereocenters. The van der Waals surface area contributed by atoms with Crippen LogP contribution in [-0.2, 0) is 0 Å². The SMILES string of the molecule is OC(CCN1CCC2(CCCC2)CC1)c1ccc(Br)cc1. The van der Waals surface area contributed by atoms with Gasteiger partial charge < -0.3 is 10.0 Å². The van der Waals surface area contributed by atoms with Crippen LogP contribution in [0.2, 0.25) is 0 Å². The van der Waals surface area contributed by atoms with E-state index in [2.05, 4.69) is 20.8 Å². The Morgan fingerprint density at radius 1 is 1.05 bits per heavy atom. The van der Waals surface area contributed by atoms with E-state index in [0.29, 0.717) is 5.41 Å².